The molecule has 5 nitrogen and oxygen atoms in total. The molecule has 0 aromatic heterocycles. The number of carbonyl (C=O) groups excluding carboxylic acids is 1. The van der Waals surface area contributed by atoms with Crippen LogP contribution in [0.5, 0.6) is 0 Å². The minimum atomic E-state index is -0.00975. The Balaban J connectivity index is 1.25. The summed E-state index contributed by atoms with van der Waals surface area (Å²) in [5.41, 5.74) is 4.42. The van der Waals surface area contributed by atoms with Crippen molar-refractivity contribution in [3.8, 4) is 0 Å². The number of piperazine rings is 1. The van der Waals surface area contributed by atoms with E-state index < -0.39 is 0 Å². The Hall–Kier alpha value is -2.37. The highest BCUT2D eigenvalue weighted by Crippen LogP contribution is 2.17. The van der Waals surface area contributed by atoms with E-state index in [1.165, 1.54) is 50.0 Å². The third-order valence-corrected chi connectivity index (χ3v) is 6.58. The van der Waals surface area contributed by atoms with Gasteiger partial charge in [-0.25, -0.2) is 0 Å². The molecule has 2 aromatic carbocycles. The Bertz CT molecular complexity index is 817. The highest BCUT2D eigenvalue weighted by molar-refractivity contribution is 5.94. The number of benzene rings is 2. The second kappa shape index (κ2) is 10.8. The van der Waals surface area contributed by atoms with Gasteiger partial charge in [0.15, 0.2) is 0 Å². The van der Waals surface area contributed by atoms with Crippen LogP contribution in [0.1, 0.15) is 47.2 Å². The van der Waals surface area contributed by atoms with Gasteiger partial charge < -0.3 is 15.1 Å². The first-order valence-corrected chi connectivity index (χ1v) is 11.8. The van der Waals surface area contributed by atoms with E-state index in [4.69, 9.17) is 0 Å². The number of likely N-dealkylation sites (tertiary alicyclic amines) is 1. The largest absolute Gasteiger partial charge is 0.369 e. The highest BCUT2D eigenvalue weighted by atomic mass is 16.1. The Labute approximate surface area is 187 Å². The van der Waals surface area contributed by atoms with Gasteiger partial charge in [-0.05, 0) is 68.4 Å². The SMILES string of the molecule is CN1CCN(c2ccc(CNC(=O)c3ccc(CN4CCCCCC4)cc3)cc2)CC1. The van der Waals surface area contributed by atoms with Crippen LogP contribution in [0.25, 0.3) is 0 Å². The van der Waals surface area contributed by atoms with Crippen LogP contribution in [-0.4, -0.2) is 62.0 Å². The topological polar surface area (TPSA) is 38.8 Å². The Kier molecular flexibility index (Phi) is 7.60. The molecular formula is C26H36N4O. The number of amides is 1. The number of rotatable bonds is 6. The number of hydrogen-bond donors (Lipinski definition) is 1. The predicted molar refractivity (Wildman–Crippen MR) is 128 cm³/mol. The molecule has 0 bridgehead atoms. The van der Waals surface area contributed by atoms with Gasteiger partial charge in [-0.15, -0.1) is 0 Å². The van der Waals surface area contributed by atoms with Gasteiger partial charge in [0.1, 0.15) is 0 Å². The summed E-state index contributed by atoms with van der Waals surface area (Å²) in [6.07, 6.45) is 5.32. The average Bonchev–Trinajstić information content (AvgIpc) is 3.07. The zero-order valence-corrected chi connectivity index (χ0v) is 18.9. The zero-order chi connectivity index (χ0) is 21.5. The second-order valence-corrected chi connectivity index (χ2v) is 9.03. The summed E-state index contributed by atoms with van der Waals surface area (Å²) < 4.78 is 0. The number of carbonyl (C=O) groups is 1. The van der Waals surface area contributed by atoms with E-state index in [2.05, 4.69) is 63.5 Å². The van der Waals surface area contributed by atoms with E-state index in [9.17, 15) is 4.79 Å². The minimum Gasteiger partial charge on any atom is -0.369 e. The quantitative estimate of drug-likeness (QED) is 0.773. The number of hydrogen-bond acceptors (Lipinski definition) is 4. The molecule has 2 aliphatic heterocycles. The van der Waals surface area contributed by atoms with Crippen LogP contribution in [0.2, 0.25) is 0 Å². The fourth-order valence-electron chi connectivity index (χ4n) is 4.49. The van der Waals surface area contributed by atoms with Crippen LogP contribution in [-0.2, 0) is 13.1 Å². The lowest BCUT2D eigenvalue weighted by molar-refractivity contribution is 0.0951. The van der Waals surface area contributed by atoms with Crippen molar-refractivity contribution in [2.24, 2.45) is 0 Å². The van der Waals surface area contributed by atoms with Gasteiger partial charge in [0, 0.05) is 50.5 Å². The molecular weight excluding hydrogens is 384 g/mol. The van der Waals surface area contributed by atoms with Gasteiger partial charge in [0.05, 0.1) is 0 Å². The summed E-state index contributed by atoms with van der Waals surface area (Å²) in [5.74, 6) is -0.00975. The fourth-order valence-corrected chi connectivity index (χ4v) is 4.49. The van der Waals surface area contributed by atoms with Crippen molar-refractivity contribution in [1.29, 1.82) is 0 Å². The van der Waals surface area contributed by atoms with Crippen molar-refractivity contribution in [1.82, 2.24) is 15.1 Å². The minimum absolute atomic E-state index is 0.00975. The first kappa shape index (κ1) is 21.8. The fraction of sp³-hybridized carbons (Fsp3) is 0.500. The van der Waals surface area contributed by atoms with Crippen LogP contribution < -0.4 is 10.2 Å². The van der Waals surface area contributed by atoms with E-state index in [1.807, 2.05) is 12.1 Å². The number of likely N-dealkylation sites (N-methyl/N-ethyl adjacent to an activating group) is 1. The molecule has 166 valence electrons. The van der Waals surface area contributed by atoms with Gasteiger partial charge in [-0.1, -0.05) is 37.1 Å². The van der Waals surface area contributed by atoms with E-state index in [1.54, 1.807) is 0 Å². The van der Waals surface area contributed by atoms with Crippen LogP contribution in [0.3, 0.4) is 0 Å². The first-order chi connectivity index (χ1) is 15.2. The lowest BCUT2D eigenvalue weighted by Crippen LogP contribution is -2.44. The molecule has 0 radical (unpaired) electrons. The normalized spacial score (nSPS) is 18.5. The molecule has 0 atom stereocenters. The number of nitrogens with zero attached hydrogens (tertiary/aromatic N) is 3. The molecule has 4 rings (SSSR count). The van der Waals surface area contributed by atoms with Crippen LogP contribution in [0.15, 0.2) is 48.5 Å². The monoisotopic (exact) mass is 420 g/mol. The van der Waals surface area contributed by atoms with Gasteiger partial charge in [-0.3, -0.25) is 9.69 Å². The van der Waals surface area contributed by atoms with Crippen LogP contribution in [0.4, 0.5) is 5.69 Å². The maximum atomic E-state index is 12.6. The van der Waals surface area contributed by atoms with Crippen molar-refractivity contribution in [3.63, 3.8) is 0 Å². The van der Waals surface area contributed by atoms with E-state index in [0.29, 0.717) is 6.54 Å². The van der Waals surface area contributed by atoms with Crippen molar-refractivity contribution in [3.05, 3.63) is 65.2 Å². The molecule has 31 heavy (non-hydrogen) atoms. The van der Waals surface area contributed by atoms with Gasteiger partial charge in [0.25, 0.3) is 5.91 Å². The third kappa shape index (κ3) is 6.31. The zero-order valence-electron chi connectivity index (χ0n) is 18.9. The van der Waals surface area contributed by atoms with Gasteiger partial charge in [-0.2, -0.15) is 0 Å². The smallest absolute Gasteiger partial charge is 0.251 e. The number of anilines is 1. The van der Waals surface area contributed by atoms with Crippen molar-refractivity contribution in [2.75, 3.05) is 51.2 Å². The van der Waals surface area contributed by atoms with Crippen LogP contribution in [0, 0.1) is 0 Å². The average molecular weight is 421 g/mol. The van der Waals surface area contributed by atoms with E-state index in [-0.39, 0.29) is 5.91 Å². The van der Waals surface area contributed by atoms with Crippen molar-refractivity contribution >= 4 is 11.6 Å². The summed E-state index contributed by atoms with van der Waals surface area (Å²) in [6.45, 7) is 8.27. The Morgan fingerprint density at radius 3 is 2.03 bits per heavy atom. The first-order valence-electron chi connectivity index (χ1n) is 11.8. The highest BCUT2D eigenvalue weighted by Gasteiger charge is 2.14. The summed E-state index contributed by atoms with van der Waals surface area (Å²) >= 11 is 0. The molecule has 1 N–H and O–H groups in total. The molecule has 2 aliphatic rings. The van der Waals surface area contributed by atoms with E-state index in [0.717, 1.165) is 43.9 Å². The molecule has 1 amide bonds. The summed E-state index contributed by atoms with van der Waals surface area (Å²) in [7, 11) is 2.17. The lowest BCUT2D eigenvalue weighted by Gasteiger charge is -2.34. The molecule has 2 heterocycles. The summed E-state index contributed by atoms with van der Waals surface area (Å²) in [5, 5.41) is 3.06. The molecule has 2 aromatic rings. The van der Waals surface area contributed by atoms with Gasteiger partial charge >= 0.3 is 0 Å². The summed E-state index contributed by atoms with van der Waals surface area (Å²) in [6, 6.07) is 16.7. The molecule has 2 saturated heterocycles. The standard InChI is InChI=1S/C26H36N4O/c1-28-16-18-30(19-17-28)25-12-8-22(9-13-25)20-27-26(31)24-10-6-23(7-11-24)21-29-14-4-2-3-5-15-29/h6-13H,2-5,14-21H2,1H3,(H,27,31). The molecule has 0 aliphatic carbocycles. The molecule has 2 fully saturated rings. The predicted octanol–water partition coefficient (Wildman–Crippen LogP) is 3.74. The maximum Gasteiger partial charge on any atom is 0.251 e. The number of nitrogens with one attached hydrogen (secondary N) is 1. The molecule has 0 unspecified atom stereocenters. The van der Waals surface area contributed by atoms with E-state index >= 15 is 0 Å². The summed E-state index contributed by atoms with van der Waals surface area (Å²) in [4.78, 5) is 19.9. The molecule has 0 spiro atoms. The van der Waals surface area contributed by atoms with Crippen molar-refractivity contribution in [2.45, 2.75) is 38.8 Å². The molecule has 5 heteroatoms. The van der Waals surface area contributed by atoms with Crippen LogP contribution >= 0.6 is 0 Å². The lowest BCUT2D eigenvalue weighted by atomic mass is 10.1. The Morgan fingerprint density at radius 2 is 1.39 bits per heavy atom. The Morgan fingerprint density at radius 1 is 0.774 bits per heavy atom. The molecule has 0 saturated carbocycles. The second-order valence-electron chi connectivity index (χ2n) is 9.03. The maximum absolute atomic E-state index is 12.6. The van der Waals surface area contributed by atoms with Gasteiger partial charge in [0.2, 0.25) is 0 Å². The third-order valence-electron chi connectivity index (χ3n) is 6.58. The van der Waals surface area contributed by atoms with Crippen molar-refractivity contribution < 1.29 is 4.79 Å².